The Morgan fingerprint density at radius 1 is 1.18 bits per heavy atom. The minimum atomic E-state index is -1.39. The number of benzene rings is 1. The van der Waals surface area contributed by atoms with Crippen molar-refractivity contribution in [3.05, 3.63) is 53.9 Å². The van der Waals surface area contributed by atoms with Crippen molar-refractivity contribution in [3.63, 3.8) is 0 Å². The maximum atomic E-state index is 13.3. The minimum Gasteiger partial charge on any atom is -0.390 e. The fourth-order valence-corrected chi connectivity index (χ4v) is 4.70. The molecule has 1 aromatic carbocycles. The van der Waals surface area contributed by atoms with Gasteiger partial charge >= 0.3 is 0 Å². The summed E-state index contributed by atoms with van der Waals surface area (Å²) < 4.78 is 0. The molecule has 186 valence electrons. The summed E-state index contributed by atoms with van der Waals surface area (Å²) in [6.45, 7) is 9.04. The monoisotopic (exact) mass is 468 g/mol. The first-order valence-corrected chi connectivity index (χ1v) is 12.4. The van der Waals surface area contributed by atoms with E-state index in [1.54, 1.807) is 24.1 Å². The fraction of sp³-hybridized carbons (Fsp3) is 0.556. The van der Waals surface area contributed by atoms with Gasteiger partial charge in [-0.2, -0.15) is 0 Å². The van der Waals surface area contributed by atoms with E-state index < -0.39 is 11.7 Å². The lowest BCUT2D eigenvalue weighted by atomic mass is 9.90. The summed E-state index contributed by atoms with van der Waals surface area (Å²) in [4.78, 5) is 24.1. The molecule has 1 aliphatic rings. The first-order valence-electron chi connectivity index (χ1n) is 12.4. The number of anilines is 2. The van der Waals surface area contributed by atoms with Crippen LogP contribution in [-0.4, -0.2) is 72.4 Å². The van der Waals surface area contributed by atoms with Gasteiger partial charge in [0.25, 0.3) is 0 Å². The van der Waals surface area contributed by atoms with Crippen LogP contribution in [0, 0.1) is 5.92 Å². The third-order valence-corrected chi connectivity index (χ3v) is 7.05. The Kier molecular flexibility index (Phi) is 8.68. The second-order valence-corrected chi connectivity index (χ2v) is 9.55. The molecule has 1 fully saturated rings. The number of aliphatic hydroxyl groups excluding tert-OH is 1. The molecule has 7 heteroatoms. The largest absolute Gasteiger partial charge is 0.390 e. The molecule has 0 radical (unpaired) electrons. The standard InChI is InChI=1S/C27H40N4O3/c1-6-27(34,20(3)32)25-13-12-23(19-28-25)31-15-14-22(26(31)33)18-21-10-8-9-11-24(21)30(7-2)17-16-29(4)5/h8-13,19-20,22,32,34H,6-7,14-18H2,1-5H3/t20-,22-,27?/m0/s1. The van der Waals surface area contributed by atoms with Gasteiger partial charge in [0, 0.05) is 37.8 Å². The van der Waals surface area contributed by atoms with Crippen LogP contribution in [0.4, 0.5) is 11.4 Å². The van der Waals surface area contributed by atoms with Gasteiger partial charge in [-0.15, -0.1) is 0 Å². The predicted octanol–water partition coefficient (Wildman–Crippen LogP) is 3.04. The molecule has 2 N–H and O–H groups in total. The molecule has 0 saturated carbocycles. The highest BCUT2D eigenvalue weighted by atomic mass is 16.3. The number of amides is 1. The summed E-state index contributed by atoms with van der Waals surface area (Å²) in [6.07, 6.45) is 2.56. The average Bonchev–Trinajstić information content (AvgIpc) is 3.19. The molecule has 2 heterocycles. The molecule has 1 saturated heterocycles. The van der Waals surface area contributed by atoms with Crippen LogP contribution in [0.15, 0.2) is 42.6 Å². The normalized spacial score (nSPS) is 18.9. The van der Waals surface area contributed by atoms with Crippen LogP contribution in [0.2, 0.25) is 0 Å². The van der Waals surface area contributed by atoms with Crippen LogP contribution in [0.1, 0.15) is 44.9 Å². The average molecular weight is 469 g/mol. The van der Waals surface area contributed by atoms with Crippen molar-refractivity contribution >= 4 is 17.3 Å². The lowest BCUT2D eigenvalue weighted by Gasteiger charge is -2.29. The predicted molar refractivity (Wildman–Crippen MR) is 137 cm³/mol. The summed E-state index contributed by atoms with van der Waals surface area (Å²) >= 11 is 0. The van der Waals surface area contributed by atoms with Crippen LogP contribution < -0.4 is 9.80 Å². The zero-order chi connectivity index (χ0) is 24.9. The number of rotatable bonds is 11. The van der Waals surface area contributed by atoms with E-state index in [2.05, 4.69) is 60.1 Å². The number of aromatic nitrogens is 1. The second kappa shape index (κ2) is 11.3. The molecule has 34 heavy (non-hydrogen) atoms. The Morgan fingerprint density at radius 3 is 2.50 bits per heavy atom. The van der Waals surface area contributed by atoms with Gasteiger partial charge < -0.3 is 24.9 Å². The van der Waals surface area contributed by atoms with Crippen molar-refractivity contribution in [2.24, 2.45) is 5.92 Å². The van der Waals surface area contributed by atoms with Crippen molar-refractivity contribution in [2.75, 3.05) is 50.1 Å². The Hall–Kier alpha value is -2.48. The maximum Gasteiger partial charge on any atom is 0.230 e. The number of aliphatic hydroxyl groups is 2. The third-order valence-electron chi connectivity index (χ3n) is 7.05. The lowest BCUT2D eigenvalue weighted by Crippen LogP contribution is -2.38. The van der Waals surface area contributed by atoms with Crippen molar-refractivity contribution < 1.29 is 15.0 Å². The third kappa shape index (κ3) is 5.59. The number of nitrogens with zero attached hydrogens (tertiary/aromatic N) is 4. The maximum absolute atomic E-state index is 13.3. The van der Waals surface area contributed by atoms with Crippen LogP contribution in [-0.2, 0) is 16.8 Å². The summed E-state index contributed by atoms with van der Waals surface area (Å²) in [5.74, 6) is 0.0420. The Morgan fingerprint density at radius 2 is 1.91 bits per heavy atom. The number of carbonyl (C=O) groups is 1. The highest BCUT2D eigenvalue weighted by Crippen LogP contribution is 2.32. The van der Waals surface area contributed by atoms with Gasteiger partial charge in [-0.1, -0.05) is 25.1 Å². The van der Waals surface area contributed by atoms with Crippen LogP contribution >= 0.6 is 0 Å². The van der Waals surface area contributed by atoms with Crippen molar-refractivity contribution in [1.82, 2.24) is 9.88 Å². The molecule has 0 aliphatic carbocycles. The van der Waals surface area contributed by atoms with Gasteiger partial charge in [-0.25, -0.2) is 0 Å². The zero-order valence-corrected chi connectivity index (χ0v) is 21.2. The van der Waals surface area contributed by atoms with Crippen LogP contribution in [0.3, 0.4) is 0 Å². The van der Waals surface area contributed by atoms with Gasteiger partial charge in [0.05, 0.1) is 23.7 Å². The fourth-order valence-electron chi connectivity index (χ4n) is 4.70. The van der Waals surface area contributed by atoms with E-state index in [1.165, 1.54) is 11.3 Å². The van der Waals surface area contributed by atoms with E-state index in [1.807, 2.05) is 13.0 Å². The summed E-state index contributed by atoms with van der Waals surface area (Å²) in [7, 11) is 4.17. The molecule has 7 nitrogen and oxygen atoms in total. The van der Waals surface area contributed by atoms with E-state index >= 15 is 0 Å². The molecule has 1 aliphatic heterocycles. The van der Waals surface area contributed by atoms with E-state index in [9.17, 15) is 15.0 Å². The number of hydrogen-bond acceptors (Lipinski definition) is 6. The van der Waals surface area contributed by atoms with Gasteiger partial charge in [0.15, 0.2) is 0 Å². The Balaban J connectivity index is 1.73. The summed E-state index contributed by atoms with van der Waals surface area (Å²) in [5.41, 5.74) is 2.18. The van der Waals surface area contributed by atoms with E-state index in [0.717, 1.165) is 31.7 Å². The molecule has 3 atom stereocenters. The molecule has 1 unspecified atom stereocenters. The highest BCUT2D eigenvalue weighted by molar-refractivity contribution is 5.97. The molecule has 0 spiro atoms. The van der Waals surface area contributed by atoms with Crippen LogP contribution in [0.25, 0.3) is 0 Å². The van der Waals surface area contributed by atoms with Gasteiger partial charge in [0.1, 0.15) is 5.60 Å². The zero-order valence-electron chi connectivity index (χ0n) is 21.2. The van der Waals surface area contributed by atoms with E-state index in [-0.39, 0.29) is 11.8 Å². The molecule has 3 rings (SSSR count). The van der Waals surface area contributed by atoms with Gasteiger partial charge in [-0.3, -0.25) is 9.78 Å². The smallest absolute Gasteiger partial charge is 0.230 e. The number of para-hydroxylation sites is 1. The first kappa shape index (κ1) is 26.1. The molecule has 1 aromatic heterocycles. The van der Waals surface area contributed by atoms with E-state index in [0.29, 0.717) is 25.1 Å². The van der Waals surface area contributed by atoms with Gasteiger partial charge in [-0.05, 0) is 71.0 Å². The molecular weight excluding hydrogens is 428 g/mol. The second-order valence-electron chi connectivity index (χ2n) is 9.55. The summed E-state index contributed by atoms with van der Waals surface area (Å²) in [6, 6.07) is 11.9. The molecular formula is C27H40N4O3. The Labute approximate surface area is 204 Å². The minimum absolute atomic E-state index is 0.0709. The molecule has 2 aromatic rings. The first-order chi connectivity index (χ1) is 16.2. The number of carbonyl (C=O) groups excluding carboxylic acids is 1. The number of pyridine rings is 1. The quantitative estimate of drug-likeness (QED) is 0.528. The number of hydrogen-bond donors (Lipinski definition) is 2. The van der Waals surface area contributed by atoms with Crippen LogP contribution in [0.5, 0.6) is 0 Å². The van der Waals surface area contributed by atoms with Crippen molar-refractivity contribution in [1.29, 1.82) is 0 Å². The number of likely N-dealkylation sites (N-methyl/N-ethyl adjacent to an activating group) is 2. The molecule has 0 bridgehead atoms. The highest BCUT2D eigenvalue weighted by Gasteiger charge is 2.36. The van der Waals surface area contributed by atoms with Crippen molar-refractivity contribution in [3.8, 4) is 0 Å². The van der Waals surface area contributed by atoms with E-state index in [4.69, 9.17) is 0 Å². The van der Waals surface area contributed by atoms with Crippen molar-refractivity contribution in [2.45, 2.75) is 51.7 Å². The lowest BCUT2D eigenvalue weighted by molar-refractivity contribution is -0.120. The SMILES string of the molecule is CCN(CCN(C)C)c1ccccc1C[C@@H]1CCN(c2ccc(C(O)(CC)[C@H](C)O)nc2)C1=O. The topological polar surface area (TPSA) is 80.1 Å². The van der Waals surface area contributed by atoms with Gasteiger partial charge in [0.2, 0.25) is 5.91 Å². The Bertz CT molecular complexity index is 947. The summed E-state index contributed by atoms with van der Waals surface area (Å²) in [5, 5.41) is 20.7. The molecule has 1 amide bonds.